The summed E-state index contributed by atoms with van der Waals surface area (Å²) in [5.41, 5.74) is 2.94. The van der Waals surface area contributed by atoms with Crippen LogP contribution < -0.4 is 10.9 Å². The Hall–Kier alpha value is -2.12. The highest BCUT2D eigenvalue weighted by Gasteiger charge is 2.17. The van der Waals surface area contributed by atoms with Gasteiger partial charge in [0, 0.05) is 17.1 Å². The largest absolute Gasteiger partial charge is 0.325 e. The maximum Gasteiger partial charge on any atom is 0.263 e. The molecule has 0 saturated heterocycles. The highest BCUT2D eigenvalue weighted by atomic mass is 32.2. The van der Waals surface area contributed by atoms with Crippen LogP contribution in [0.1, 0.15) is 29.9 Å². The molecule has 142 valence electrons. The van der Waals surface area contributed by atoms with Gasteiger partial charge in [0.25, 0.3) is 5.56 Å². The molecule has 0 spiro atoms. The van der Waals surface area contributed by atoms with E-state index < -0.39 is 0 Å². The topological polar surface area (TPSA) is 64.0 Å². The summed E-state index contributed by atoms with van der Waals surface area (Å²) >= 11 is 2.83. The fourth-order valence-corrected chi connectivity index (χ4v) is 4.83. The molecule has 1 aromatic carbocycles. The van der Waals surface area contributed by atoms with Gasteiger partial charge in [-0.05, 0) is 50.5 Å². The van der Waals surface area contributed by atoms with E-state index in [1.807, 2.05) is 45.0 Å². The second kappa shape index (κ2) is 8.27. The van der Waals surface area contributed by atoms with Gasteiger partial charge in [0.05, 0.1) is 11.1 Å². The molecule has 0 aliphatic carbocycles. The lowest BCUT2D eigenvalue weighted by atomic mass is 10.1. The summed E-state index contributed by atoms with van der Waals surface area (Å²) in [5.74, 6) is 0.0984. The molecule has 1 N–H and O–H groups in total. The van der Waals surface area contributed by atoms with Crippen LogP contribution in [-0.4, -0.2) is 21.2 Å². The number of rotatable bonds is 6. The first kappa shape index (κ1) is 19.6. The molecule has 0 radical (unpaired) electrons. The Kier molecular flexibility index (Phi) is 6.01. The van der Waals surface area contributed by atoms with Gasteiger partial charge in [-0.2, -0.15) is 0 Å². The zero-order chi connectivity index (χ0) is 19.6. The smallest absolute Gasteiger partial charge is 0.263 e. The zero-order valence-electron chi connectivity index (χ0n) is 16.0. The molecule has 0 atom stereocenters. The van der Waals surface area contributed by atoms with Crippen LogP contribution in [0.4, 0.5) is 5.69 Å². The number of fused-ring (bicyclic) bond motifs is 1. The highest BCUT2D eigenvalue weighted by Crippen LogP contribution is 2.28. The normalized spacial score (nSPS) is 11.1. The number of aryl methyl sites for hydroxylation is 3. The van der Waals surface area contributed by atoms with Gasteiger partial charge in [0.2, 0.25) is 5.91 Å². The maximum absolute atomic E-state index is 12.8. The second-order valence-corrected chi connectivity index (χ2v) is 8.44. The van der Waals surface area contributed by atoms with Gasteiger partial charge in [-0.15, -0.1) is 11.3 Å². The highest BCUT2D eigenvalue weighted by molar-refractivity contribution is 7.99. The number of hydrogen-bond acceptors (Lipinski definition) is 5. The molecule has 5 nitrogen and oxygen atoms in total. The Morgan fingerprint density at radius 2 is 2.07 bits per heavy atom. The Morgan fingerprint density at radius 1 is 1.30 bits per heavy atom. The standard InChI is InChI=1S/C20H23N3O2S2/c1-5-14-8-7-9-15(10-14)21-16(24)11-26-20-22-18-17(12(3)13(4)27-18)19(25)23(20)6-2/h7-10H,5-6,11H2,1-4H3,(H,21,24). The minimum Gasteiger partial charge on any atom is -0.325 e. The Balaban J connectivity index is 1.80. The van der Waals surface area contributed by atoms with Gasteiger partial charge >= 0.3 is 0 Å². The summed E-state index contributed by atoms with van der Waals surface area (Å²) in [6.45, 7) is 8.49. The molecule has 0 aliphatic heterocycles. The fraction of sp³-hybridized carbons (Fsp3) is 0.350. The van der Waals surface area contributed by atoms with E-state index in [9.17, 15) is 9.59 Å². The molecule has 1 amide bonds. The summed E-state index contributed by atoms with van der Waals surface area (Å²) in [4.78, 5) is 31.7. The lowest BCUT2D eigenvalue weighted by Crippen LogP contribution is -2.23. The van der Waals surface area contributed by atoms with Crippen LogP contribution in [0, 0.1) is 13.8 Å². The summed E-state index contributed by atoms with van der Waals surface area (Å²) in [7, 11) is 0. The first-order chi connectivity index (χ1) is 12.9. The van der Waals surface area contributed by atoms with Crippen molar-refractivity contribution < 1.29 is 4.79 Å². The minimum absolute atomic E-state index is 0.0251. The van der Waals surface area contributed by atoms with Crippen molar-refractivity contribution >= 4 is 44.9 Å². The zero-order valence-corrected chi connectivity index (χ0v) is 17.6. The van der Waals surface area contributed by atoms with Gasteiger partial charge in [-0.25, -0.2) is 4.98 Å². The molecule has 3 aromatic rings. The first-order valence-corrected chi connectivity index (χ1v) is 10.8. The fourth-order valence-electron chi connectivity index (χ4n) is 2.89. The van der Waals surface area contributed by atoms with Gasteiger partial charge in [-0.3, -0.25) is 14.2 Å². The number of hydrogen-bond donors (Lipinski definition) is 1. The first-order valence-electron chi connectivity index (χ1n) is 8.96. The number of nitrogens with one attached hydrogen (secondary N) is 1. The molecule has 2 heterocycles. The van der Waals surface area contributed by atoms with Crippen molar-refractivity contribution in [2.45, 2.75) is 45.8 Å². The number of carbonyl (C=O) groups excluding carboxylic acids is 1. The average molecular weight is 402 g/mol. The number of thiophene rings is 1. The lowest BCUT2D eigenvalue weighted by Gasteiger charge is -2.10. The van der Waals surface area contributed by atoms with Crippen molar-refractivity contribution in [1.29, 1.82) is 0 Å². The number of carbonyl (C=O) groups is 1. The average Bonchev–Trinajstić information content (AvgIpc) is 2.94. The third kappa shape index (κ3) is 4.09. The van der Waals surface area contributed by atoms with E-state index in [-0.39, 0.29) is 17.2 Å². The van der Waals surface area contributed by atoms with Gasteiger partial charge in [0.1, 0.15) is 4.83 Å². The van der Waals surface area contributed by atoms with Crippen LogP contribution in [0.25, 0.3) is 10.2 Å². The summed E-state index contributed by atoms with van der Waals surface area (Å²) in [6.07, 6.45) is 0.921. The summed E-state index contributed by atoms with van der Waals surface area (Å²) < 4.78 is 1.65. The third-order valence-corrected chi connectivity index (χ3v) is 6.60. The van der Waals surface area contributed by atoms with E-state index in [0.717, 1.165) is 27.4 Å². The van der Waals surface area contributed by atoms with Crippen molar-refractivity contribution in [1.82, 2.24) is 9.55 Å². The van der Waals surface area contributed by atoms with Crippen LogP contribution >= 0.6 is 23.1 Å². The third-order valence-electron chi connectivity index (χ3n) is 4.52. The van der Waals surface area contributed by atoms with Gasteiger partial charge < -0.3 is 5.32 Å². The monoisotopic (exact) mass is 401 g/mol. The van der Waals surface area contributed by atoms with Crippen LogP contribution in [0.2, 0.25) is 0 Å². The number of anilines is 1. The Bertz CT molecular complexity index is 1050. The van der Waals surface area contributed by atoms with Crippen molar-refractivity contribution in [3.63, 3.8) is 0 Å². The molecule has 3 rings (SSSR count). The lowest BCUT2D eigenvalue weighted by molar-refractivity contribution is -0.113. The van der Waals surface area contributed by atoms with Crippen molar-refractivity contribution in [2.24, 2.45) is 0 Å². The Morgan fingerprint density at radius 3 is 2.78 bits per heavy atom. The van der Waals surface area contributed by atoms with Crippen LogP contribution in [0.3, 0.4) is 0 Å². The second-order valence-electron chi connectivity index (χ2n) is 6.30. The molecule has 0 bridgehead atoms. The maximum atomic E-state index is 12.8. The van der Waals surface area contributed by atoms with E-state index in [2.05, 4.69) is 17.2 Å². The number of nitrogens with zero attached hydrogens (tertiary/aromatic N) is 2. The molecular weight excluding hydrogens is 378 g/mol. The minimum atomic E-state index is -0.108. The predicted octanol–water partition coefficient (Wildman–Crippen LogP) is 4.39. The molecule has 0 saturated carbocycles. The molecule has 7 heteroatoms. The molecule has 0 fully saturated rings. The number of aromatic nitrogens is 2. The van der Waals surface area contributed by atoms with E-state index in [0.29, 0.717) is 17.1 Å². The van der Waals surface area contributed by atoms with E-state index >= 15 is 0 Å². The molecule has 2 aromatic heterocycles. The van der Waals surface area contributed by atoms with Crippen LogP contribution in [0.5, 0.6) is 0 Å². The predicted molar refractivity (Wildman–Crippen MR) is 114 cm³/mol. The number of benzene rings is 1. The summed E-state index contributed by atoms with van der Waals surface area (Å²) in [5, 5.41) is 4.21. The van der Waals surface area contributed by atoms with E-state index in [1.165, 1.54) is 28.7 Å². The van der Waals surface area contributed by atoms with Crippen LogP contribution in [0.15, 0.2) is 34.2 Å². The van der Waals surface area contributed by atoms with Crippen LogP contribution in [-0.2, 0) is 17.8 Å². The quantitative estimate of drug-likeness (QED) is 0.491. The number of amides is 1. The molecule has 0 aliphatic rings. The van der Waals surface area contributed by atoms with E-state index in [4.69, 9.17) is 0 Å². The van der Waals surface area contributed by atoms with Crippen molar-refractivity contribution in [3.05, 3.63) is 50.6 Å². The molecular formula is C20H23N3O2S2. The van der Waals surface area contributed by atoms with Crippen molar-refractivity contribution in [3.8, 4) is 0 Å². The SMILES string of the molecule is CCc1cccc(NC(=O)CSc2nc3sc(C)c(C)c3c(=O)n2CC)c1. The molecule has 27 heavy (non-hydrogen) atoms. The van der Waals surface area contributed by atoms with Gasteiger partial charge in [0.15, 0.2) is 5.16 Å². The molecule has 0 unspecified atom stereocenters. The van der Waals surface area contributed by atoms with Gasteiger partial charge in [-0.1, -0.05) is 30.8 Å². The van der Waals surface area contributed by atoms with E-state index in [1.54, 1.807) is 4.57 Å². The Labute approximate surface area is 166 Å². The summed E-state index contributed by atoms with van der Waals surface area (Å²) in [6, 6.07) is 7.83. The number of thioether (sulfide) groups is 1. The van der Waals surface area contributed by atoms with Crippen molar-refractivity contribution in [2.75, 3.05) is 11.1 Å².